The van der Waals surface area contributed by atoms with Crippen molar-refractivity contribution in [3.8, 4) is 5.75 Å². The van der Waals surface area contributed by atoms with Crippen molar-refractivity contribution in [2.45, 2.75) is 45.1 Å². The van der Waals surface area contributed by atoms with Gasteiger partial charge in [-0.2, -0.15) is 0 Å². The molecule has 0 fully saturated rings. The fourth-order valence-electron chi connectivity index (χ4n) is 4.93. The molecule has 1 heterocycles. The quantitative estimate of drug-likeness (QED) is 0.462. The minimum Gasteiger partial charge on any atom is -0.494 e. The Morgan fingerprint density at radius 1 is 0.909 bits per heavy atom. The van der Waals surface area contributed by atoms with Crippen LogP contribution in [0.5, 0.6) is 5.75 Å². The zero-order valence-corrected chi connectivity index (χ0v) is 19.2. The number of benzene rings is 3. The van der Waals surface area contributed by atoms with E-state index >= 15 is 0 Å². The summed E-state index contributed by atoms with van der Waals surface area (Å²) in [4.78, 5) is 13.7. The Balaban J connectivity index is 1.52. The van der Waals surface area contributed by atoms with Gasteiger partial charge in [-0.1, -0.05) is 55.5 Å². The molecule has 4 nitrogen and oxygen atoms in total. The molecule has 2 N–H and O–H groups in total. The maximum absolute atomic E-state index is 13.7. The third-order valence-electron chi connectivity index (χ3n) is 6.63. The largest absolute Gasteiger partial charge is 0.494 e. The van der Waals surface area contributed by atoms with Gasteiger partial charge >= 0.3 is 0 Å². The summed E-state index contributed by atoms with van der Waals surface area (Å²) in [6.07, 6.45) is 2.30. The highest BCUT2D eigenvalue weighted by atomic mass is 16.5. The van der Waals surface area contributed by atoms with Crippen LogP contribution < -0.4 is 15.4 Å². The molecular formula is C29H30N2O2. The van der Waals surface area contributed by atoms with E-state index in [9.17, 15) is 4.79 Å². The van der Waals surface area contributed by atoms with Crippen LogP contribution in [-0.2, 0) is 4.79 Å². The maximum atomic E-state index is 13.7. The van der Waals surface area contributed by atoms with Crippen LogP contribution in [0.2, 0.25) is 0 Å². The lowest BCUT2D eigenvalue weighted by molar-refractivity contribution is -0.116. The van der Waals surface area contributed by atoms with E-state index in [2.05, 4.69) is 60.9 Å². The molecule has 0 saturated heterocycles. The second kappa shape index (κ2) is 9.14. The maximum Gasteiger partial charge on any atom is 0.163 e. The lowest BCUT2D eigenvalue weighted by Gasteiger charge is -2.30. The molecule has 0 saturated carbocycles. The number of hydrogen-bond acceptors (Lipinski definition) is 4. The molecule has 1 aliphatic heterocycles. The third kappa shape index (κ3) is 4.25. The van der Waals surface area contributed by atoms with Crippen molar-refractivity contribution in [2.75, 3.05) is 17.2 Å². The summed E-state index contributed by atoms with van der Waals surface area (Å²) in [6, 6.07) is 24.6. The number of Topliss-reactive ketones (excluding diaryl/α,β-unsaturated/α-hetero) is 1. The minimum atomic E-state index is -0.171. The lowest BCUT2D eigenvalue weighted by atomic mass is 9.78. The van der Waals surface area contributed by atoms with Crippen LogP contribution in [0.15, 0.2) is 84.1 Å². The van der Waals surface area contributed by atoms with Crippen molar-refractivity contribution < 1.29 is 9.53 Å². The summed E-state index contributed by atoms with van der Waals surface area (Å²) in [5, 5.41) is 7.29. The van der Waals surface area contributed by atoms with Crippen molar-refractivity contribution in [3.63, 3.8) is 0 Å². The van der Waals surface area contributed by atoms with E-state index in [4.69, 9.17) is 4.74 Å². The Labute approximate surface area is 195 Å². The molecule has 3 aromatic rings. The SMILES string of the molecule is CCCOc1ccc(C2CC(=O)C3=C(C2)Nc2ccccc2NC3c2ccccc2C)cc1. The molecule has 1 aliphatic carbocycles. The average molecular weight is 439 g/mol. The van der Waals surface area contributed by atoms with Crippen molar-refractivity contribution in [1.82, 2.24) is 0 Å². The van der Waals surface area contributed by atoms with E-state index in [0.717, 1.165) is 46.8 Å². The second-order valence-electron chi connectivity index (χ2n) is 8.94. The number of hydrogen-bond donors (Lipinski definition) is 2. The van der Waals surface area contributed by atoms with Crippen LogP contribution in [0.1, 0.15) is 54.8 Å². The first kappa shape index (κ1) is 21.3. The molecular weight excluding hydrogens is 408 g/mol. The second-order valence-corrected chi connectivity index (χ2v) is 8.94. The van der Waals surface area contributed by atoms with Gasteiger partial charge in [0.05, 0.1) is 24.0 Å². The highest BCUT2D eigenvalue weighted by Gasteiger charge is 2.36. The lowest BCUT2D eigenvalue weighted by Crippen LogP contribution is -2.27. The number of anilines is 2. The molecule has 168 valence electrons. The first-order valence-electron chi connectivity index (χ1n) is 11.8. The highest BCUT2D eigenvalue weighted by Crippen LogP contribution is 2.44. The van der Waals surface area contributed by atoms with Gasteiger partial charge in [0.25, 0.3) is 0 Å². The van der Waals surface area contributed by atoms with E-state index in [1.807, 2.05) is 36.4 Å². The fraction of sp³-hybridized carbons (Fsp3) is 0.276. The summed E-state index contributed by atoms with van der Waals surface area (Å²) >= 11 is 0. The summed E-state index contributed by atoms with van der Waals surface area (Å²) in [7, 11) is 0. The first-order chi connectivity index (χ1) is 16.1. The monoisotopic (exact) mass is 438 g/mol. The minimum absolute atomic E-state index is 0.145. The Hall–Kier alpha value is -3.53. The van der Waals surface area contributed by atoms with Crippen LogP contribution in [0.4, 0.5) is 11.4 Å². The molecule has 2 atom stereocenters. The van der Waals surface area contributed by atoms with Gasteiger partial charge in [-0.25, -0.2) is 0 Å². The Morgan fingerprint density at radius 3 is 2.39 bits per heavy atom. The molecule has 0 amide bonds. The number of carbonyl (C=O) groups excluding carboxylic acids is 1. The third-order valence-corrected chi connectivity index (χ3v) is 6.63. The Bertz CT molecular complexity index is 1200. The fourth-order valence-corrected chi connectivity index (χ4v) is 4.93. The molecule has 4 heteroatoms. The van der Waals surface area contributed by atoms with Crippen LogP contribution in [0.3, 0.4) is 0 Å². The predicted molar refractivity (Wildman–Crippen MR) is 134 cm³/mol. The van der Waals surface area contributed by atoms with Crippen molar-refractivity contribution in [2.24, 2.45) is 0 Å². The van der Waals surface area contributed by atoms with E-state index in [1.54, 1.807) is 0 Å². The van der Waals surface area contributed by atoms with Crippen LogP contribution in [0, 0.1) is 6.92 Å². The van der Waals surface area contributed by atoms with Crippen LogP contribution >= 0.6 is 0 Å². The molecule has 2 unspecified atom stereocenters. The van der Waals surface area contributed by atoms with E-state index in [1.165, 1.54) is 11.1 Å². The number of nitrogens with one attached hydrogen (secondary N) is 2. The number of aryl methyl sites for hydroxylation is 1. The van der Waals surface area contributed by atoms with Gasteiger partial charge < -0.3 is 15.4 Å². The number of ketones is 1. The van der Waals surface area contributed by atoms with Gasteiger partial charge in [-0.05, 0) is 66.6 Å². The molecule has 5 rings (SSSR count). The Morgan fingerprint density at radius 2 is 1.64 bits per heavy atom. The summed E-state index contributed by atoms with van der Waals surface area (Å²) in [5.41, 5.74) is 7.41. The first-order valence-corrected chi connectivity index (χ1v) is 11.8. The van der Waals surface area contributed by atoms with Gasteiger partial charge in [0, 0.05) is 17.7 Å². The molecule has 0 spiro atoms. The average Bonchev–Trinajstić information content (AvgIpc) is 3.00. The van der Waals surface area contributed by atoms with Gasteiger partial charge in [0.15, 0.2) is 5.78 Å². The number of ether oxygens (including phenoxy) is 1. The Kier molecular flexibility index (Phi) is 5.91. The molecule has 3 aromatic carbocycles. The summed E-state index contributed by atoms with van der Waals surface area (Å²) in [5.74, 6) is 1.23. The van der Waals surface area contributed by atoms with E-state index < -0.39 is 0 Å². The van der Waals surface area contributed by atoms with E-state index in [-0.39, 0.29) is 17.7 Å². The van der Waals surface area contributed by atoms with Gasteiger partial charge in [0.1, 0.15) is 5.75 Å². The van der Waals surface area contributed by atoms with Crippen LogP contribution in [0.25, 0.3) is 0 Å². The zero-order chi connectivity index (χ0) is 22.8. The molecule has 0 radical (unpaired) electrons. The number of carbonyl (C=O) groups is 1. The number of para-hydroxylation sites is 2. The van der Waals surface area contributed by atoms with E-state index in [0.29, 0.717) is 13.0 Å². The summed E-state index contributed by atoms with van der Waals surface area (Å²) in [6.45, 7) is 4.93. The topological polar surface area (TPSA) is 50.4 Å². The normalized spacial score (nSPS) is 19.6. The molecule has 0 bridgehead atoms. The molecule has 2 aliphatic rings. The highest BCUT2D eigenvalue weighted by molar-refractivity contribution is 6.01. The predicted octanol–water partition coefficient (Wildman–Crippen LogP) is 6.76. The van der Waals surface area contributed by atoms with Gasteiger partial charge in [0.2, 0.25) is 0 Å². The number of allylic oxidation sites excluding steroid dienone is 1. The van der Waals surface area contributed by atoms with Gasteiger partial charge in [-0.3, -0.25) is 4.79 Å². The smallest absolute Gasteiger partial charge is 0.163 e. The summed E-state index contributed by atoms with van der Waals surface area (Å²) < 4.78 is 5.74. The standard InChI is InChI=1S/C29H30N2O2/c1-3-16-33-22-14-12-20(13-15-22)21-17-26-28(27(32)18-21)29(23-9-5-4-8-19(23)2)31-25-11-7-6-10-24(25)30-26/h4-15,21,29-31H,3,16-18H2,1-2H3. The zero-order valence-electron chi connectivity index (χ0n) is 19.2. The van der Waals surface area contributed by atoms with Gasteiger partial charge in [-0.15, -0.1) is 0 Å². The van der Waals surface area contributed by atoms with Crippen molar-refractivity contribution in [1.29, 1.82) is 0 Å². The van der Waals surface area contributed by atoms with Crippen LogP contribution in [-0.4, -0.2) is 12.4 Å². The molecule has 33 heavy (non-hydrogen) atoms. The number of rotatable bonds is 5. The molecule has 0 aromatic heterocycles. The van der Waals surface area contributed by atoms with Crippen molar-refractivity contribution >= 4 is 17.2 Å². The van der Waals surface area contributed by atoms with Crippen molar-refractivity contribution in [3.05, 3.63) is 101 Å². The number of fused-ring (bicyclic) bond motifs is 1.